The Morgan fingerprint density at radius 1 is 1.32 bits per heavy atom. The number of carbonyl (C=O) groups is 1. The van der Waals surface area contributed by atoms with Gasteiger partial charge in [0.25, 0.3) is 5.91 Å². The predicted octanol–water partition coefficient (Wildman–Crippen LogP) is 1.63. The summed E-state index contributed by atoms with van der Waals surface area (Å²) in [6.45, 7) is 3.33. The van der Waals surface area contributed by atoms with Crippen molar-refractivity contribution in [3.05, 3.63) is 41.7 Å². The summed E-state index contributed by atoms with van der Waals surface area (Å²) in [6, 6.07) is 7.80. The molecule has 0 spiro atoms. The fourth-order valence-electron chi connectivity index (χ4n) is 3.77. The summed E-state index contributed by atoms with van der Waals surface area (Å²) >= 11 is 0. The highest BCUT2D eigenvalue weighted by atomic mass is 16.1. The SMILES string of the molecule is N#Cc1ccn2cc(C(=O)N[C@@H]3C[C@@H]4CCN(C4)C3)ccc12. The number of aromatic nitrogens is 1. The molecular weight excluding hydrogens is 276 g/mol. The highest BCUT2D eigenvalue weighted by Gasteiger charge is 2.32. The molecular formula is C17H18N4O. The van der Waals surface area contributed by atoms with E-state index >= 15 is 0 Å². The lowest BCUT2D eigenvalue weighted by atomic mass is 9.96. The van der Waals surface area contributed by atoms with Gasteiger partial charge >= 0.3 is 0 Å². The number of fused-ring (bicyclic) bond motifs is 3. The van der Waals surface area contributed by atoms with Crippen LogP contribution in [0.2, 0.25) is 0 Å². The van der Waals surface area contributed by atoms with Crippen molar-refractivity contribution < 1.29 is 4.79 Å². The zero-order valence-electron chi connectivity index (χ0n) is 12.3. The van der Waals surface area contributed by atoms with Crippen LogP contribution in [0.5, 0.6) is 0 Å². The number of pyridine rings is 1. The molecule has 4 rings (SSSR count). The van der Waals surface area contributed by atoms with Gasteiger partial charge in [-0.05, 0) is 43.5 Å². The quantitative estimate of drug-likeness (QED) is 0.916. The van der Waals surface area contributed by atoms with E-state index in [9.17, 15) is 4.79 Å². The molecule has 4 heterocycles. The number of hydrogen-bond donors (Lipinski definition) is 1. The van der Waals surface area contributed by atoms with Gasteiger partial charge in [-0.3, -0.25) is 4.79 Å². The summed E-state index contributed by atoms with van der Waals surface area (Å²) in [5.41, 5.74) is 2.10. The molecule has 0 saturated carbocycles. The minimum absolute atomic E-state index is 0.0263. The third kappa shape index (κ3) is 2.26. The van der Waals surface area contributed by atoms with E-state index in [1.165, 1.54) is 19.5 Å². The number of amides is 1. The standard InChI is InChI=1S/C17H18N4O/c18-8-13-4-6-21-10-14(1-2-16(13)21)17(22)19-15-7-12-3-5-20(9-12)11-15/h1-2,4,6,10,12,15H,3,5,7,9,11H2,(H,19,22)/t12-,15+/m0/s1. The minimum Gasteiger partial charge on any atom is -0.348 e. The van der Waals surface area contributed by atoms with Crippen molar-refractivity contribution in [1.82, 2.24) is 14.6 Å². The molecule has 2 saturated heterocycles. The van der Waals surface area contributed by atoms with Crippen LogP contribution >= 0.6 is 0 Å². The smallest absolute Gasteiger partial charge is 0.253 e. The first-order valence-electron chi connectivity index (χ1n) is 7.77. The van der Waals surface area contributed by atoms with Crippen molar-refractivity contribution >= 4 is 11.4 Å². The summed E-state index contributed by atoms with van der Waals surface area (Å²) in [7, 11) is 0. The fraction of sp³-hybridized carbons (Fsp3) is 0.412. The first kappa shape index (κ1) is 13.4. The van der Waals surface area contributed by atoms with Gasteiger partial charge < -0.3 is 14.6 Å². The molecule has 2 aliphatic heterocycles. The van der Waals surface area contributed by atoms with Crippen molar-refractivity contribution in [2.24, 2.45) is 5.92 Å². The summed E-state index contributed by atoms with van der Waals surface area (Å²) in [5, 5.41) is 12.2. The van der Waals surface area contributed by atoms with E-state index in [1.807, 2.05) is 16.7 Å². The van der Waals surface area contributed by atoms with Gasteiger partial charge in [-0.1, -0.05) is 0 Å². The molecule has 2 aromatic rings. The van der Waals surface area contributed by atoms with Gasteiger partial charge in [-0.25, -0.2) is 0 Å². The van der Waals surface area contributed by atoms with Crippen molar-refractivity contribution in [3.63, 3.8) is 0 Å². The van der Waals surface area contributed by atoms with Crippen molar-refractivity contribution in [2.75, 3.05) is 19.6 Å². The largest absolute Gasteiger partial charge is 0.348 e. The molecule has 112 valence electrons. The first-order valence-corrected chi connectivity index (χ1v) is 7.77. The maximum Gasteiger partial charge on any atom is 0.253 e. The molecule has 0 radical (unpaired) electrons. The van der Waals surface area contributed by atoms with Crippen LogP contribution in [0.4, 0.5) is 0 Å². The molecule has 5 nitrogen and oxygen atoms in total. The number of rotatable bonds is 2. The van der Waals surface area contributed by atoms with Gasteiger partial charge in [0.2, 0.25) is 0 Å². The van der Waals surface area contributed by atoms with E-state index < -0.39 is 0 Å². The lowest BCUT2D eigenvalue weighted by molar-refractivity contribution is 0.0909. The molecule has 2 aromatic heterocycles. The number of nitriles is 1. The van der Waals surface area contributed by atoms with Crippen LogP contribution in [-0.2, 0) is 0 Å². The van der Waals surface area contributed by atoms with E-state index in [4.69, 9.17) is 5.26 Å². The predicted molar refractivity (Wildman–Crippen MR) is 82.5 cm³/mol. The first-order chi connectivity index (χ1) is 10.7. The van der Waals surface area contributed by atoms with Crippen LogP contribution in [0, 0.1) is 17.2 Å². The third-order valence-electron chi connectivity index (χ3n) is 4.84. The van der Waals surface area contributed by atoms with Gasteiger partial charge in [-0.2, -0.15) is 5.26 Å². The maximum atomic E-state index is 12.5. The average molecular weight is 294 g/mol. The lowest BCUT2D eigenvalue weighted by Gasteiger charge is -2.30. The monoisotopic (exact) mass is 294 g/mol. The molecule has 2 bridgehead atoms. The highest BCUT2D eigenvalue weighted by molar-refractivity contribution is 5.94. The van der Waals surface area contributed by atoms with Gasteiger partial charge in [-0.15, -0.1) is 0 Å². The van der Waals surface area contributed by atoms with Crippen molar-refractivity contribution in [1.29, 1.82) is 5.26 Å². The van der Waals surface area contributed by atoms with Gasteiger partial charge in [0.05, 0.1) is 16.6 Å². The van der Waals surface area contributed by atoms with Crippen LogP contribution < -0.4 is 5.32 Å². The van der Waals surface area contributed by atoms with Crippen LogP contribution in [0.15, 0.2) is 30.6 Å². The second kappa shape index (κ2) is 5.15. The molecule has 22 heavy (non-hydrogen) atoms. The third-order valence-corrected chi connectivity index (χ3v) is 4.84. The average Bonchev–Trinajstić information content (AvgIpc) is 3.09. The van der Waals surface area contributed by atoms with Crippen LogP contribution in [0.3, 0.4) is 0 Å². The van der Waals surface area contributed by atoms with Gasteiger partial charge in [0, 0.05) is 31.5 Å². The maximum absolute atomic E-state index is 12.5. The van der Waals surface area contributed by atoms with Crippen LogP contribution in [0.25, 0.3) is 5.52 Å². The van der Waals surface area contributed by atoms with E-state index in [1.54, 1.807) is 18.3 Å². The Morgan fingerprint density at radius 3 is 3.05 bits per heavy atom. The number of carbonyl (C=O) groups excluding carboxylic acids is 1. The molecule has 1 unspecified atom stereocenters. The van der Waals surface area contributed by atoms with Gasteiger partial charge in [0.1, 0.15) is 6.07 Å². The van der Waals surface area contributed by atoms with Crippen molar-refractivity contribution in [2.45, 2.75) is 18.9 Å². The topological polar surface area (TPSA) is 60.5 Å². The zero-order chi connectivity index (χ0) is 15.1. The van der Waals surface area contributed by atoms with E-state index in [0.717, 1.165) is 24.4 Å². The summed E-state index contributed by atoms with van der Waals surface area (Å²) in [4.78, 5) is 14.9. The molecule has 5 heteroatoms. The molecule has 0 aromatic carbocycles. The van der Waals surface area contributed by atoms with Crippen LogP contribution in [-0.4, -0.2) is 40.9 Å². The van der Waals surface area contributed by atoms with Gasteiger partial charge in [0.15, 0.2) is 0 Å². The summed E-state index contributed by atoms with van der Waals surface area (Å²) in [6.07, 6.45) is 5.96. The Kier molecular flexibility index (Phi) is 3.12. The lowest BCUT2D eigenvalue weighted by Crippen LogP contribution is -2.47. The fourth-order valence-corrected chi connectivity index (χ4v) is 3.77. The molecule has 2 fully saturated rings. The molecule has 1 amide bonds. The Balaban J connectivity index is 1.52. The molecule has 3 atom stereocenters. The number of nitrogens with zero attached hydrogens (tertiary/aromatic N) is 3. The van der Waals surface area contributed by atoms with Crippen LogP contribution in [0.1, 0.15) is 28.8 Å². The zero-order valence-corrected chi connectivity index (χ0v) is 12.3. The normalized spacial score (nSPS) is 26.8. The number of nitrogens with one attached hydrogen (secondary N) is 1. The van der Waals surface area contributed by atoms with E-state index in [-0.39, 0.29) is 11.9 Å². The second-order valence-corrected chi connectivity index (χ2v) is 6.37. The van der Waals surface area contributed by atoms with E-state index in [2.05, 4.69) is 16.3 Å². The number of hydrogen-bond acceptors (Lipinski definition) is 3. The Hall–Kier alpha value is -2.32. The molecule has 1 N–H and O–H groups in total. The molecule has 0 aliphatic carbocycles. The minimum atomic E-state index is -0.0263. The Morgan fingerprint density at radius 2 is 2.23 bits per heavy atom. The summed E-state index contributed by atoms with van der Waals surface area (Å²) in [5.74, 6) is 0.714. The number of piperidine rings is 1. The van der Waals surface area contributed by atoms with E-state index in [0.29, 0.717) is 11.1 Å². The highest BCUT2D eigenvalue weighted by Crippen LogP contribution is 2.26. The summed E-state index contributed by atoms with van der Waals surface area (Å²) < 4.78 is 1.83. The van der Waals surface area contributed by atoms with Crippen molar-refractivity contribution in [3.8, 4) is 6.07 Å². The second-order valence-electron chi connectivity index (χ2n) is 6.37. The Bertz CT molecular complexity index is 761. The Labute approximate surface area is 129 Å². The molecule has 2 aliphatic rings.